The Morgan fingerprint density at radius 1 is 0.966 bits per heavy atom. The third kappa shape index (κ3) is 3.05. The first-order chi connectivity index (χ1) is 14.2. The van der Waals surface area contributed by atoms with E-state index in [2.05, 4.69) is 24.3 Å². The zero-order valence-corrected chi connectivity index (χ0v) is 16.4. The lowest BCUT2D eigenvalue weighted by Crippen LogP contribution is -2.20. The Labute approximate surface area is 169 Å². The third-order valence-electron chi connectivity index (χ3n) is 5.34. The summed E-state index contributed by atoms with van der Waals surface area (Å²) in [6, 6.07) is 22.2. The molecule has 5 heteroatoms. The highest BCUT2D eigenvalue weighted by Crippen LogP contribution is 2.42. The van der Waals surface area contributed by atoms with Crippen molar-refractivity contribution in [2.45, 2.75) is 19.4 Å². The average molecular weight is 383 g/mol. The largest absolute Gasteiger partial charge is 0.497 e. The fraction of sp³-hybridized carbons (Fsp3) is 0.167. The van der Waals surface area contributed by atoms with Crippen LogP contribution in [0.2, 0.25) is 0 Å². The molecule has 144 valence electrons. The van der Waals surface area contributed by atoms with Crippen LogP contribution in [0.25, 0.3) is 11.1 Å². The molecule has 5 nitrogen and oxygen atoms in total. The molecule has 1 aliphatic rings. The van der Waals surface area contributed by atoms with Gasteiger partial charge in [0.2, 0.25) is 0 Å². The number of rotatable bonds is 4. The number of nitrogens with zero attached hydrogens (tertiary/aromatic N) is 3. The number of methoxy groups -OCH3 is 1. The van der Waals surface area contributed by atoms with E-state index in [4.69, 9.17) is 19.2 Å². The number of aliphatic imine (C=N–C) groups is 1. The summed E-state index contributed by atoms with van der Waals surface area (Å²) in [6.07, 6.45) is 2.44. The van der Waals surface area contributed by atoms with Gasteiger partial charge >= 0.3 is 0 Å². The van der Waals surface area contributed by atoms with Gasteiger partial charge in [0.05, 0.1) is 24.8 Å². The van der Waals surface area contributed by atoms with Gasteiger partial charge in [0.25, 0.3) is 0 Å². The Kier molecular flexibility index (Phi) is 4.28. The molecule has 1 aliphatic heterocycles. The molecular formula is C24H21N3O2. The Hall–Kier alpha value is -3.60. The number of aryl methyl sites for hydroxylation is 1. The number of hydrogen-bond donors (Lipinski definition) is 0. The van der Waals surface area contributed by atoms with E-state index in [0.29, 0.717) is 0 Å². The van der Waals surface area contributed by atoms with Gasteiger partial charge in [0.1, 0.15) is 17.6 Å². The predicted octanol–water partition coefficient (Wildman–Crippen LogP) is 5.57. The van der Waals surface area contributed by atoms with Gasteiger partial charge in [-0.3, -0.25) is 0 Å². The van der Waals surface area contributed by atoms with E-state index >= 15 is 0 Å². The van der Waals surface area contributed by atoms with Crippen molar-refractivity contribution in [2.75, 3.05) is 7.11 Å². The van der Waals surface area contributed by atoms with Crippen LogP contribution in [-0.2, 0) is 0 Å². The predicted molar refractivity (Wildman–Crippen MR) is 113 cm³/mol. The maximum atomic E-state index is 5.77. The fourth-order valence-electron chi connectivity index (χ4n) is 3.91. The molecule has 0 unspecified atom stereocenters. The van der Waals surface area contributed by atoms with Gasteiger partial charge in [-0.1, -0.05) is 42.5 Å². The van der Waals surface area contributed by atoms with E-state index in [1.807, 2.05) is 54.1 Å². The summed E-state index contributed by atoms with van der Waals surface area (Å²) in [7, 11) is 1.67. The van der Waals surface area contributed by atoms with Crippen LogP contribution in [0.3, 0.4) is 0 Å². The minimum atomic E-state index is -0.0293. The topological polar surface area (TPSA) is 52.5 Å². The van der Waals surface area contributed by atoms with Crippen molar-refractivity contribution < 1.29 is 9.15 Å². The smallest absolute Gasteiger partial charge is 0.159 e. The van der Waals surface area contributed by atoms with Crippen molar-refractivity contribution in [3.8, 4) is 16.9 Å². The number of hydrogen-bond acceptors (Lipinski definition) is 4. The number of furan rings is 1. The number of fused-ring (bicyclic) bond motifs is 1. The van der Waals surface area contributed by atoms with Gasteiger partial charge < -0.3 is 9.15 Å². The van der Waals surface area contributed by atoms with Crippen LogP contribution in [0, 0.1) is 6.92 Å². The van der Waals surface area contributed by atoms with E-state index in [1.165, 1.54) is 0 Å². The molecule has 4 aromatic rings. The molecule has 0 fully saturated rings. The molecule has 5 rings (SSSR count). The first-order valence-electron chi connectivity index (χ1n) is 9.64. The second-order valence-electron chi connectivity index (χ2n) is 7.12. The lowest BCUT2D eigenvalue weighted by molar-refractivity contribution is 0.409. The van der Waals surface area contributed by atoms with E-state index in [-0.39, 0.29) is 6.04 Å². The molecule has 0 amide bonds. The molecule has 0 radical (unpaired) electrons. The van der Waals surface area contributed by atoms with Gasteiger partial charge in [-0.2, -0.15) is 5.10 Å². The minimum Gasteiger partial charge on any atom is -0.497 e. The summed E-state index contributed by atoms with van der Waals surface area (Å²) < 4.78 is 13.1. The monoisotopic (exact) mass is 383 g/mol. The molecule has 0 N–H and O–H groups in total. The molecule has 0 spiro atoms. The molecule has 0 saturated carbocycles. The maximum Gasteiger partial charge on any atom is 0.159 e. The van der Waals surface area contributed by atoms with E-state index in [1.54, 1.807) is 13.4 Å². The second-order valence-corrected chi connectivity index (χ2v) is 7.12. The molecular weight excluding hydrogens is 362 g/mol. The van der Waals surface area contributed by atoms with Crippen molar-refractivity contribution in [3.63, 3.8) is 0 Å². The minimum absolute atomic E-state index is 0.0293. The summed E-state index contributed by atoms with van der Waals surface area (Å²) in [5.41, 5.74) is 5.21. The van der Waals surface area contributed by atoms with E-state index in [9.17, 15) is 0 Å². The SMILES string of the molecule is COc1ccc(-c2c(C)nn3c2N=C(c2ccccc2)C[C@H]3c2ccco2)cc1. The summed E-state index contributed by atoms with van der Waals surface area (Å²) >= 11 is 0. The Bertz CT molecular complexity index is 1160. The highest BCUT2D eigenvalue weighted by Gasteiger charge is 2.31. The number of benzene rings is 2. The molecule has 2 aromatic carbocycles. The van der Waals surface area contributed by atoms with Crippen LogP contribution in [0.5, 0.6) is 5.75 Å². The zero-order valence-electron chi connectivity index (χ0n) is 16.4. The molecule has 2 aromatic heterocycles. The molecule has 0 saturated heterocycles. The van der Waals surface area contributed by atoms with Gasteiger partial charge in [0, 0.05) is 12.0 Å². The summed E-state index contributed by atoms with van der Waals surface area (Å²) in [5.74, 6) is 2.58. The van der Waals surface area contributed by atoms with Crippen LogP contribution in [0.1, 0.15) is 29.5 Å². The summed E-state index contributed by atoms with van der Waals surface area (Å²) in [6.45, 7) is 2.03. The van der Waals surface area contributed by atoms with Gasteiger partial charge in [-0.25, -0.2) is 9.67 Å². The molecule has 3 heterocycles. The first-order valence-corrected chi connectivity index (χ1v) is 9.64. The van der Waals surface area contributed by atoms with Crippen LogP contribution >= 0.6 is 0 Å². The van der Waals surface area contributed by atoms with Crippen molar-refractivity contribution in [1.29, 1.82) is 0 Å². The first kappa shape index (κ1) is 17.5. The fourth-order valence-corrected chi connectivity index (χ4v) is 3.91. The molecule has 1 atom stereocenters. The van der Waals surface area contributed by atoms with Crippen LogP contribution in [-0.4, -0.2) is 22.6 Å². The van der Waals surface area contributed by atoms with Gasteiger partial charge in [-0.05, 0) is 42.3 Å². The van der Waals surface area contributed by atoms with Crippen molar-refractivity contribution >= 4 is 11.5 Å². The Morgan fingerprint density at radius 2 is 1.76 bits per heavy atom. The quantitative estimate of drug-likeness (QED) is 0.463. The van der Waals surface area contributed by atoms with Crippen LogP contribution < -0.4 is 4.74 Å². The van der Waals surface area contributed by atoms with Crippen molar-refractivity contribution in [3.05, 3.63) is 90.0 Å². The molecule has 0 bridgehead atoms. The molecule has 0 aliphatic carbocycles. The third-order valence-corrected chi connectivity index (χ3v) is 5.34. The Morgan fingerprint density at radius 3 is 2.45 bits per heavy atom. The van der Waals surface area contributed by atoms with Crippen LogP contribution in [0.15, 0.2) is 82.4 Å². The lowest BCUT2D eigenvalue weighted by atomic mass is 9.98. The molecule has 29 heavy (non-hydrogen) atoms. The zero-order chi connectivity index (χ0) is 19.8. The summed E-state index contributed by atoms with van der Waals surface area (Å²) in [5, 5.41) is 4.85. The normalized spacial score (nSPS) is 15.7. The highest BCUT2D eigenvalue weighted by molar-refractivity contribution is 6.04. The Balaban J connectivity index is 1.70. The van der Waals surface area contributed by atoms with Crippen LogP contribution in [0.4, 0.5) is 5.82 Å². The maximum absolute atomic E-state index is 5.77. The van der Waals surface area contributed by atoms with Gasteiger partial charge in [-0.15, -0.1) is 0 Å². The standard InChI is InChI=1S/C24H21N3O2/c1-16-23(18-10-12-19(28-2)13-11-18)24-25-20(17-7-4-3-5-8-17)15-21(27(24)26-16)22-9-6-14-29-22/h3-14,21H,15H2,1-2H3/t21-/m0/s1. The second kappa shape index (κ2) is 7.09. The van der Waals surface area contributed by atoms with Gasteiger partial charge in [0.15, 0.2) is 5.82 Å². The highest BCUT2D eigenvalue weighted by atomic mass is 16.5. The summed E-state index contributed by atoms with van der Waals surface area (Å²) in [4.78, 5) is 5.06. The number of ether oxygens (including phenoxy) is 1. The van der Waals surface area contributed by atoms with E-state index in [0.717, 1.165) is 51.8 Å². The van der Waals surface area contributed by atoms with E-state index < -0.39 is 0 Å². The van der Waals surface area contributed by atoms with Crippen molar-refractivity contribution in [2.24, 2.45) is 4.99 Å². The number of aromatic nitrogens is 2. The lowest BCUT2D eigenvalue weighted by Gasteiger charge is -2.23. The average Bonchev–Trinajstić information content (AvgIpc) is 3.41. The van der Waals surface area contributed by atoms with Crippen molar-refractivity contribution in [1.82, 2.24) is 9.78 Å².